The first-order valence-corrected chi connectivity index (χ1v) is 9.13. The fourth-order valence-corrected chi connectivity index (χ4v) is 3.57. The van der Waals surface area contributed by atoms with E-state index in [1.807, 2.05) is 30.3 Å². The van der Waals surface area contributed by atoms with Gasteiger partial charge < -0.3 is 15.0 Å². The molecule has 0 bridgehead atoms. The Kier molecular flexibility index (Phi) is 6.04. The molecular formula is C19H27N3O3. The van der Waals surface area contributed by atoms with E-state index in [0.717, 1.165) is 31.5 Å². The molecule has 6 heteroatoms. The Morgan fingerprint density at radius 1 is 1.04 bits per heavy atom. The van der Waals surface area contributed by atoms with Gasteiger partial charge in [0.05, 0.1) is 13.2 Å². The molecule has 0 radical (unpaired) electrons. The molecule has 1 aromatic rings. The zero-order chi connectivity index (χ0) is 17.6. The first kappa shape index (κ1) is 17.9. The van der Waals surface area contributed by atoms with E-state index in [1.165, 1.54) is 0 Å². The lowest BCUT2D eigenvalue weighted by Crippen LogP contribution is -2.52. The molecule has 1 aromatic carbocycles. The van der Waals surface area contributed by atoms with Crippen molar-refractivity contribution in [2.45, 2.75) is 31.8 Å². The van der Waals surface area contributed by atoms with Gasteiger partial charge in [-0.25, -0.2) is 0 Å². The average Bonchev–Trinajstić information content (AvgIpc) is 3.17. The molecule has 136 valence electrons. The van der Waals surface area contributed by atoms with Gasteiger partial charge in [-0.2, -0.15) is 0 Å². The van der Waals surface area contributed by atoms with E-state index in [0.29, 0.717) is 26.3 Å². The molecule has 6 nitrogen and oxygen atoms in total. The van der Waals surface area contributed by atoms with Gasteiger partial charge in [0.2, 0.25) is 11.8 Å². The summed E-state index contributed by atoms with van der Waals surface area (Å²) in [4.78, 5) is 29.5. The third kappa shape index (κ3) is 4.38. The maximum absolute atomic E-state index is 13.0. The van der Waals surface area contributed by atoms with Gasteiger partial charge in [0.1, 0.15) is 12.1 Å². The van der Waals surface area contributed by atoms with Crippen molar-refractivity contribution in [1.29, 1.82) is 0 Å². The molecule has 1 N–H and O–H groups in total. The molecule has 3 rings (SSSR count). The number of nitrogens with one attached hydrogen (secondary N) is 1. The van der Waals surface area contributed by atoms with Crippen LogP contribution < -0.4 is 5.32 Å². The number of carbonyl (C=O) groups is 2. The summed E-state index contributed by atoms with van der Waals surface area (Å²) in [6.07, 6.45) is 2.22. The number of morpholine rings is 1. The number of carbonyl (C=O) groups excluding carboxylic acids is 2. The molecule has 2 heterocycles. The molecule has 2 aliphatic heterocycles. The van der Waals surface area contributed by atoms with E-state index >= 15 is 0 Å². The lowest BCUT2D eigenvalue weighted by atomic mass is 10.0. The van der Waals surface area contributed by atoms with E-state index in [4.69, 9.17) is 4.74 Å². The molecule has 0 unspecified atom stereocenters. The van der Waals surface area contributed by atoms with Crippen LogP contribution in [-0.2, 0) is 14.3 Å². The predicted octanol–water partition coefficient (Wildman–Crippen LogP) is 1.19. The molecule has 0 aromatic heterocycles. The van der Waals surface area contributed by atoms with E-state index in [-0.39, 0.29) is 17.9 Å². The summed E-state index contributed by atoms with van der Waals surface area (Å²) >= 11 is 0. The van der Waals surface area contributed by atoms with Crippen molar-refractivity contribution in [3.05, 3.63) is 35.9 Å². The average molecular weight is 345 g/mol. The van der Waals surface area contributed by atoms with Crippen molar-refractivity contribution in [3.63, 3.8) is 0 Å². The van der Waals surface area contributed by atoms with Crippen molar-refractivity contribution in [1.82, 2.24) is 15.1 Å². The van der Waals surface area contributed by atoms with Crippen LogP contribution >= 0.6 is 0 Å². The number of hydrogen-bond donors (Lipinski definition) is 1. The van der Waals surface area contributed by atoms with Gasteiger partial charge in [0.25, 0.3) is 0 Å². The van der Waals surface area contributed by atoms with E-state index in [9.17, 15) is 9.59 Å². The topological polar surface area (TPSA) is 61.9 Å². The highest BCUT2D eigenvalue weighted by Gasteiger charge is 2.32. The maximum Gasteiger partial charge on any atom is 0.245 e. The van der Waals surface area contributed by atoms with Crippen LogP contribution in [0.5, 0.6) is 0 Å². The number of benzene rings is 1. The number of amides is 2. The molecule has 0 spiro atoms. The van der Waals surface area contributed by atoms with Gasteiger partial charge in [-0.1, -0.05) is 30.3 Å². The van der Waals surface area contributed by atoms with Crippen molar-refractivity contribution < 1.29 is 14.3 Å². The summed E-state index contributed by atoms with van der Waals surface area (Å²) in [5.41, 5.74) is 0.980. The van der Waals surface area contributed by atoms with Crippen LogP contribution in [0.2, 0.25) is 0 Å². The molecule has 2 atom stereocenters. The molecule has 2 saturated heterocycles. The van der Waals surface area contributed by atoms with Crippen LogP contribution in [0.25, 0.3) is 0 Å². The fourth-order valence-electron chi connectivity index (χ4n) is 3.57. The monoisotopic (exact) mass is 345 g/mol. The Morgan fingerprint density at radius 2 is 1.68 bits per heavy atom. The first-order valence-electron chi connectivity index (χ1n) is 9.13. The van der Waals surface area contributed by atoms with Crippen molar-refractivity contribution in [2.75, 3.05) is 39.4 Å². The van der Waals surface area contributed by atoms with E-state index in [1.54, 1.807) is 11.8 Å². The number of ether oxygens (including phenoxy) is 1. The lowest BCUT2D eigenvalue weighted by Gasteiger charge is -2.31. The van der Waals surface area contributed by atoms with Crippen LogP contribution in [0.3, 0.4) is 0 Å². The highest BCUT2D eigenvalue weighted by molar-refractivity contribution is 5.90. The van der Waals surface area contributed by atoms with E-state index < -0.39 is 6.04 Å². The predicted molar refractivity (Wildman–Crippen MR) is 95.0 cm³/mol. The second-order valence-electron chi connectivity index (χ2n) is 6.72. The maximum atomic E-state index is 13.0. The Balaban J connectivity index is 1.68. The van der Waals surface area contributed by atoms with Gasteiger partial charge in [-0.15, -0.1) is 0 Å². The quantitative estimate of drug-likeness (QED) is 0.871. The summed E-state index contributed by atoms with van der Waals surface area (Å²) in [6, 6.07) is 8.96. The smallest absolute Gasteiger partial charge is 0.245 e. The largest absolute Gasteiger partial charge is 0.378 e. The summed E-state index contributed by atoms with van der Waals surface area (Å²) in [5, 5.41) is 2.94. The minimum atomic E-state index is -0.528. The number of hydrogen-bond acceptors (Lipinski definition) is 4. The minimum absolute atomic E-state index is 0.0371. The Morgan fingerprint density at radius 3 is 2.32 bits per heavy atom. The van der Waals surface area contributed by atoms with Crippen molar-refractivity contribution >= 4 is 11.8 Å². The zero-order valence-electron chi connectivity index (χ0n) is 14.8. The van der Waals surface area contributed by atoms with Crippen LogP contribution in [0.4, 0.5) is 0 Å². The van der Waals surface area contributed by atoms with Crippen LogP contribution in [0.15, 0.2) is 30.3 Å². The van der Waals surface area contributed by atoms with Crippen molar-refractivity contribution in [2.24, 2.45) is 0 Å². The normalized spacial score (nSPS) is 20.9. The second kappa shape index (κ2) is 8.45. The molecular weight excluding hydrogens is 318 g/mol. The summed E-state index contributed by atoms with van der Waals surface area (Å²) in [6.45, 7) is 5.90. The first-order chi connectivity index (χ1) is 12.2. The molecule has 0 aliphatic carbocycles. The van der Waals surface area contributed by atoms with Gasteiger partial charge in [0, 0.05) is 13.1 Å². The highest BCUT2D eigenvalue weighted by atomic mass is 16.5. The Hall–Kier alpha value is -1.92. The zero-order valence-corrected chi connectivity index (χ0v) is 14.8. The summed E-state index contributed by atoms with van der Waals surface area (Å²) in [5.74, 6) is -0.132. The number of likely N-dealkylation sites (tertiary alicyclic amines) is 1. The van der Waals surface area contributed by atoms with Crippen LogP contribution in [-0.4, -0.2) is 67.0 Å². The molecule has 0 saturated carbocycles. The Bertz CT molecular complexity index is 581. The summed E-state index contributed by atoms with van der Waals surface area (Å²) < 4.78 is 5.29. The molecule has 2 fully saturated rings. The molecule has 2 amide bonds. The lowest BCUT2D eigenvalue weighted by molar-refractivity contribution is -0.140. The van der Waals surface area contributed by atoms with E-state index in [2.05, 4.69) is 10.2 Å². The highest BCUT2D eigenvalue weighted by Crippen LogP contribution is 2.25. The molecule has 25 heavy (non-hydrogen) atoms. The fraction of sp³-hybridized carbons (Fsp3) is 0.579. The number of rotatable bonds is 5. The second-order valence-corrected chi connectivity index (χ2v) is 6.72. The number of nitrogens with zero attached hydrogens (tertiary/aromatic N) is 2. The minimum Gasteiger partial charge on any atom is -0.378 e. The standard InChI is InChI=1S/C19H27N3O3/c1-15(19(24)22-11-13-25-14-12-22)20-18(23)17(21-9-5-6-10-21)16-7-3-2-4-8-16/h2-4,7-8,15,17H,5-6,9-14H2,1H3,(H,20,23)/t15-,17+/m1/s1. The van der Waals surface area contributed by atoms with Crippen LogP contribution in [0, 0.1) is 0 Å². The SMILES string of the molecule is C[C@@H](NC(=O)[C@H](c1ccccc1)N1CCCC1)C(=O)N1CCOCC1. The van der Waals surface area contributed by atoms with Gasteiger partial charge >= 0.3 is 0 Å². The third-order valence-electron chi connectivity index (χ3n) is 4.92. The molecule has 2 aliphatic rings. The van der Waals surface area contributed by atoms with Gasteiger partial charge in [-0.05, 0) is 38.4 Å². The van der Waals surface area contributed by atoms with Gasteiger partial charge in [-0.3, -0.25) is 14.5 Å². The summed E-state index contributed by atoms with van der Waals surface area (Å²) in [7, 11) is 0. The Labute approximate surface area is 149 Å². The van der Waals surface area contributed by atoms with Crippen LogP contribution in [0.1, 0.15) is 31.4 Å². The van der Waals surface area contributed by atoms with Crippen molar-refractivity contribution in [3.8, 4) is 0 Å². The van der Waals surface area contributed by atoms with Gasteiger partial charge in [0.15, 0.2) is 0 Å². The third-order valence-corrected chi connectivity index (χ3v) is 4.92.